The molecular weight excluding hydrogens is 391 g/mol. The number of thiol groups is 2. The summed E-state index contributed by atoms with van der Waals surface area (Å²) in [5, 5.41) is 18.9. The number of rotatable bonds is 8. The van der Waals surface area contributed by atoms with Crippen LogP contribution in [0.1, 0.15) is 52.4 Å². The molecule has 0 fully saturated rings. The van der Waals surface area contributed by atoms with Gasteiger partial charge in [0.05, 0.1) is 11.9 Å². The molecule has 7 heteroatoms. The quantitative estimate of drug-likeness (QED) is 0.436. The molecule has 0 bridgehead atoms. The summed E-state index contributed by atoms with van der Waals surface area (Å²) in [6.45, 7) is 4.02. The van der Waals surface area contributed by atoms with E-state index >= 15 is 0 Å². The summed E-state index contributed by atoms with van der Waals surface area (Å²) >= 11 is 7.59. The van der Waals surface area contributed by atoms with Crippen LogP contribution in [0.2, 0.25) is 0 Å². The van der Waals surface area contributed by atoms with Crippen LogP contribution >= 0.6 is 25.3 Å². The first-order valence-electron chi connectivity index (χ1n) is 6.14. The van der Waals surface area contributed by atoms with Crippen molar-refractivity contribution in [1.82, 2.24) is 0 Å². The van der Waals surface area contributed by atoms with E-state index < -0.39 is 22.4 Å². The second-order valence-electron chi connectivity index (χ2n) is 3.95. The Morgan fingerprint density at radius 3 is 1.32 bits per heavy atom. The molecule has 0 rings (SSSR count). The number of hydrogen-bond donors (Lipinski definition) is 2. The van der Waals surface area contributed by atoms with E-state index in [0.29, 0.717) is 12.8 Å². The third kappa shape index (κ3) is 18.4. The topological polar surface area (TPSA) is 80.3 Å². The fourth-order valence-corrected chi connectivity index (χ4v) is 1.40. The number of carbonyl (C=O) groups excluding carboxylic acids is 2. The van der Waals surface area contributed by atoms with Gasteiger partial charge in [-0.05, 0) is 12.8 Å². The van der Waals surface area contributed by atoms with Crippen LogP contribution < -0.4 is 10.2 Å². The predicted octanol–water partition coefficient (Wildman–Crippen LogP) is 0.0690. The number of hydrogen-bond acceptors (Lipinski definition) is 6. The molecule has 0 aromatic heterocycles. The van der Waals surface area contributed by atoms with E-state index in [0.717, 1.165) is 25.7 Å². The number of carbonyl (C=O) groups is 2. The van der Waals surface area contributed by atoms with Crippen LogP contribution in [-0.2, 0) is 9.59 Å². The van der Waals surface area contributed by atoms with E-state index in [9.17, 15) is 19.8 Å². The minimum Gasteiger partial charge on any atom is -0.549 e. The standard InChI is InChI=1S/2C6H12O2S.Sn/c2*1-2-3-4-5(9)6(7)8;/h2*5,9H,2-4H2,1H3,(H,7,8);/q;;+2/p-2. The summed E-state index contributed by atoms with van der Waals surface area (Å²) in [5.74, 6) is -2.13. The zero-order chi connectivity index (χ0) is 14.6. The van der Waals surface area contributed by atoms with Crippen LogP contribution in [0.25, 0.3) is 0 Å². The zero-order valence-electron chi connectivity index (χ0n) is 11.4. The van der Waals surface area contributed by atoms with Gasteiger partial charge in [0, 0.05) is 10.5 Å². The van der Waals surface area contributed by atoms with E-state index in [1.54, 1.807) is 0 Å². The second kappa shape index (κ2) is 16.5. The van der Waals surface area contributed by atoms with Gasteiger partial charge in [-0.1, -0.05) is 39.5 Å². The van der Waals surface area contributed by atoms with Crippen molar-refractivity contribution in [3.63, 3.8) is 0 Å². The Balaban J connectivity index is -0.000000256. The molecule has 0 aromatic carbocycles. The molecule has 0 spiro atoms. The Labute approximate surface area is 143 Å². The Kier molecular flexibility index (Phi) is 21.2. The molecule has 2 unspecified atom stereocenters. The second-order valence-corrected chi connectivity index (χ2v) is 5.20. The van der Waals surface area contributed by atoms with Crippen molar-refractivity contribution in [1.29, 1.82) is 0 Å². The number of carboxylic acid groups (broad SMARTS) is 2. The van der Waals surface area contributed by atoms with Crippen molar-refractivity contribution >= 4 is 61.1 Å². The maximum absolute atomic E-state index is 10.0. The van der Waals surface area contributed by atoms with Gasteiger partial charge in [-0.25, -0.2) is 0 Å². The Morgan fingerprint density at radius 1 is 0.895 bits per heavy atom. The molecule has 0 aliphatic rings. The van der Waals surface area contributed by atoms with Crippen molar-refractivity contribution in [3.8, 4) is 0 Å². The van der Waals surface area contributed by atoms with Gasteiger partial charge >= 0.3 is 23.9 Å². The van der Waals surface area contributed by atoms with Crippen LogP contribution in [-0.4, -0.2) is 46.3 Å². The first-order chi connectivity index (χ1) is 8.36. The molecule has 0 heterocycles. The summed E-state index contributed by atoms with van der Waals surface area (Å²) in [6.07, 6.45) is 5.04. The van der Waals surface area contributed by atoms with Gasteiger partial charge in [0.2, 0.25) is 0 Å². The smallest absolute Gasteiger partial charge is 0.549 e. The molecule has 4 nitrogen and oxygen atoms in total. The van der Waals surface area contributed by atoms with Crippen LogP contribution in [0, 0.1) is 0 Å². The largest absolute Gasteiger partial charge is 2.00 e. The van der Waals surface area contributed by atoms with Gasteiger partial charge in [0.15, 0.2) is 0 Å². The molecule has 0 N–H and O–H groups in total. The average molecular weight is 413 g/mol. The number of aliphatic carboxylic acids is 2. The van der Waals surface area contributed by atoms with Gasteiger partial charge < -0.3 is 19.8 Å². The number of unbranched alkanes of at least 4 members (excludes halogenated alkanes) is 2. The molecule has 2 atom stereocenters. The van der Waals surface area contributed by atoms with E-state index in [1.165, 1.54) is 0 Å². The molecular formula is C12H22O4S2Sn. The number of carboxylic acids is 2. The molecule has 0 aromatic rings. The average Bonchev–Trinajstić information content (AvgIpc) is 2.33. The van der Waals surface area contributed by atoms with Crippen LogP contribution in [0.5, 0.6) is 0 Å². The predicted molar refractivity (Wildman–Crippen MR) is 80.4 cm³/mol. The van der Waals surface area contributed by atoms with Gasteiger partial charge in [-0.2, -0.15) is 25.3 Å². The Morgan fingerprint density at radius 2 is 1.16 bits per heavy atom. The summed E-state index contributed by atoms with van der Waals surface area (Å²) in [6, 6.07) is 0. The summed E-state index contributed by atoms with van der Waals surface area (Å²) < 4.78 is 0. The SMILES string of the molecule is CCCCC(S)C(=O)[O-].CCCCC(S)C(=O)[O-].[Sn+2]. The van der Waals surface area contributed by atoms with Gasteiger partial charge in [0.1, 0.15) is 0 Å². The maximum Gasteiger partial charge on any atom is 2.00 e. The van der Waals surface area contributed by atoms with E-state index in [1.807, 2.05) is 13.8 Å². The van der Waals surface area contributed by atoms with Gasteiger partial charge in [-0.3, -0.25) is 0 Å². The zero-order valence-corrected chi connectivity index (χ0v) is 16.1. The molecule has 0 saturated heterocycles. The first kappa shape index (κ1) is 24.5. The van der Waals surface area contributed by atoms with Gasteiger partial charge in [-0.15, -0.1) is 0 Å². The maximum atomic E-state index is 10.0. The molecule has 0 amide bonds. The molecule has 0 aliphatic heterocycles. The van der Waals surface area contributed by atoms with Crippen molar-refractivity contribution in [2.45, 2.75) is 62.9 Å². The van der Waals surface area contributed by atoms with E-state index in [2.05, 4.69) is 25.3 Å². The molecule has 0 aliphatic carbocycles. The Bertz CT molecular complexity index is 216. The van der Waals surface area contributed by atoms with E-state index in [-0.39, 0.29) is 23.9 Å². The van der Waals surface area contributed by atoms with Crippen LogP contribution in [0.4, 0.5) is 0 Å². The third-order valence-electron chi connectivity index (χ3n) is 2.21. The molecule has 19 heavy (non-hydrogen) atoms. The minimum absolute atomic E-state index is 0. The van der Waals surface area contributed by atoms with Crippen molar-refractivity contribution in [3.05, 3.63) is 0 Å². The Hall–Kier alpha value is 0.439. The monoisotopic (exact) mass is 414 g/mol. The van der Waals surface area contributed by atoms with Crippen LogP contribution in [0.3, 0.4) is 0 Å². The van der Waals surface area contributed by atoms with Crippen molar-refractivity contribution in [2.24, 2.45) is 0 Å². The fraction of sp³-hybridized carbons (Fsp3) is 0.833. The third-order valence-corrected chi connectivity index (χ3v) is 3.14. The van der Waals surface area contributed by atoms with E-state index in [4.69, 9.17) is 0 Å². The summed E-state index contributed by atoms with van der Waals surface area (Å²) in [4.78, 5) is 20.0. The molecule has 2 radical (unpaired) electrons. The van der Waals surface area contributed by atoms with Crippen molar-refractivity contribution in [2.75, 3.05) is 0 Å². The van der Waals surface area contributed by atoms with Crippen molar-refractivity contribution < 1.29 is 19.8 Å². The first-order valence-corrected chi connectivity index (χ1v) is 7.17. The molecule has 110 valence electrons. The van der Waals surface area contributed by atoms with Crippen LogP contribution in [0.15, 0.2) is 0 Å². The minimum atomic E-state index is -1.06. The normalized spacial score (nSPS) is 12.4. The van der Waals surface area contributed by atoms with Gasteiger partial charge in [0.25, 0.3) is 0 Å². The fourth-order valence-electron chi connectivity index (χ4n) is 1.03. The summed E-state index contributed by atoms with van der Waals surface area (Å²) in [7, 11) is 0. The molecule has 0 saturated carbocycles. The summed E-state index contributed by atoms with van der Waals surface area (Å²) in [5.41, 5.74) is 0.